The molecule has 1 amide bonds. The number of rotatable bonds is 2. The van der Waals surface area contributed by atoms with Crippen LogP contribution >= 0.6 is 0 Å². The lowest BCUT2D eigenvalue weighted by molar-refractivity contribution is -0.173. The largest absolute Gasteiger partial charge is 0.410 e. The van der Waals surface area contributed by atoms with Crippen molar-refractivity contribution in [1.82, 2.24) is 19.7 Å². The SMILES string of the molecule is C[C@@H]1C[C@H](C(F)(F)F)n2nc(C3CCCCN3C(=O)c3ccccn3)cc2N1. The van der Waals surface area contributed by atoms with Gasteiger partial charge in [0.05, 0.1) is 11.7 Å². The van der Waals surface area contributed by atoms with E-state index in [4.69, 9.17) is 0 Å². The molecule has 0 bridgehead atoms. The van der Waals surface area contributed by atoms with Gasteiger partial charge in [-0.05, 0) is 44.7 Å². The number of hydrogen-bond donors (Lipinski definition) is 1. The van der Waals surface area contributed by atoms with Gasteiger partial charge in [-0.25, -0.2) is 4.68 Å². The molecule has 1 N–H and O–H groups in total. The van der Waals surface area contributed by atoms with Gasteiger partial charge < -0.3 is 10.2 Å². The molecule has 1 saturated heterocycles. The van der Waals surface area contributed by atoms with E-state index < -0.39 is 12.2 Å². The second-order valence-corrected chi connectivity index (χ2v) is 7.46. The van der Waals surface area contributed by atoms with Gasteiger partial charge in [-0.2, -0.15) is 18.3 Å². The van der Waals surface area contributed by atoms with E-state index in [1.54, 1.807) is 42.3 Å². The first-order chi connectivity index (χ1) is 13.3. The Morgan fingerprint density at radius 2 is 2.11 bits per heavy atom. The molecule has 2 aliphatic rings. The average Bonchev–Trinajstić information content (AvgIpc) is 3.10. The van der Waals surface area contributed by atoms with Crippen LogP contribution in [0.4, 0.5) is 19.0 Å². The van der Waals surface area contributed by atoms with E-state index in [0.717, 1.165) is 17.5 Å². The molecule has 1 fully saturated rings. The summed E-state index contributed by atoms with van der Waals surface area (Å²) >= 11 is 0. The quantitative estimate of drug-likeness (QED) is 0.839. The topological polar surface area (TPSA) is 63.1 Å². The Hall–Kier alpha value is -2.58. The third-order valence-corrected chi connectivity index (χ3v) is 5.39. The highest BCUT2D eigenvalue weighted by Gasteiger charge is 2.46. The number of hydrogen-bond acceptors (Lipinski definition) is 4. The number of anilines is 1. The number of nitrogens with one attached hydrogen (secondary N) is 1. The zero-order valence-corrected chi connectivity index (χ0v) is 15.5. The molecule has 28 heavy (non-hydrogen) atoms. The maximum absolute atomic E-state index is 13.5. The standard InChI is InChI=1S/C19H22F3N5O/c1-12-10-16(19(20,21)22)27-17(24-12)11-14(25-27)15-7-3-5-9-26(15)18(28)13-6-2-4-8-23-13/h2,4,6,8,11-12,15-16,24H,3,5,7,9-10H2,1H3/t12-,15?,16-/m1/s1. The summed E-state index contributed by atoms with van der Waals surface area (Å²) in [4.78, 5) is 18.7. The summed E-state index contributed by atoms with van der Waals surface area (Å²) in [5.41, 5.74) is 0.827. The maximum atomic E-state index is 13.5. The first-order valence-electron chi connectivity index (χ1n) is 9.49. The number of fused-ring (bicyclic) bond motifs is 1. The van der Waals surface area contributed by atoms with Gasteiger partial charge in [-0.1, -0.05) is 6.07 Å². The minimum Gasteiger partial charge on any atom is -0.368 e. The molecule has 0 saturated carbocycles. The fraction of sp³-hybridized carbons (Fsp3) is 0.526. The summed E-state index contributed by atoms with van der Waals surface area (Å²) in [5, 5.41) is 7.38. The van der Waals surface area contributed by atoms with Gasteiger partial charge >= 0.3 is 6.18 Å². The number of amides is 1. The van der Waals surface area contributed by atoms with Crippen LogP contribution in [-0.4, -0.2) is 44.3 Å². The van der Waals surface area contributed by atoms with Gasteiger partial charge in [0.2, 0.25) is 0 Å². The normalized spacial score (nSPS) is 25.1. The number of halogens is 3. The highest BCUT2D eigenvalue weighted by Crippen LogP contribution is 2.41. The number of alkyl halides is 3. The van der Waals surface area contributed by atoms with Gasteiger partial charge in [0.15, 0.2) is 6.04 Å². The van der Waals surface area contributed by atoms with Crippen molar-refractivity contribution < 1.29 is 18.0 Å². The van der Waals surface area contributed by atoms with Crippen LogP contribution in [0.15, 0.2) is 30.5 Å². The highest BCUT2D eigenvalue weighted by molar-refractivity contribution is 5.92. The lowest BCUT2D eigenvalue weighted by atomic mass is 9.98. The molecule has 4 heterocycles. The number of nitrogens with zero attached hydrogens (tertiary/aromatic N) is 4. The highest BCUT2D eigenvalue weighted by atomic mass is 19.4. The van der Waals surface area contributed by atoms with Crippen LogP contribution in [0.5, 0.6) is 0 Å². The van der Waals surface area contributed by atoms with Gasteiger partial charge in [0, 0.05) is 24.8 Å². The molecule has 0 aromatic carbocycles. The maximum Gasteiger partial charge on any atom is 0.410 e. The molecular formula is C19H22F3N5O. The van der Waals surface area contributed by atoms with E-state index >= 15 is 0 Å². The lowest BCUT2D eigenvalue weighted by Gasteiger charge is -2.34. The van der Waals surface area contributed by atoms with Crippen LogP contribution in [-0.2, 0) is 0 Å². The molecule has 0 aliphatic carbocycles. The molecule has 150 valence electrons. The molecular weight excluding hydrogens is 371 g/mol. The van der Waals surface area contributed by atoms with E-state index in [1.165, 1.54) is 0 Å². The third kappa shape index (κ3) is 3.45. The van der Waals surface area contributed by atoms with Crippen molar-refractivity contribution in [3.63, 3.8) is 0 Å². The van der Waals surface area contributed by atoms with Crippen LogP contribution in [0.1, 0.15) is 60.9 Å². The van der Waals surface area contributed by atoms with Crippen molar-refractivity contribution in [1.29, 1.82) is 0 Å². The second-order valence-electron chi connectivity index (χ2n) is 7.46. The molecule has 1 unspecified atom stereocenters. The van der Waals surface area contributed by atoms with Gasteiger partial charge in [0.25, 0.3) is 5.91 Å². The van der Waals surface area contributed by atoms with Gasteiger partial charge in [-0.3, -0.25) is 9.78 Å². The fourth-order valence-corrected chi connectivity index (χ4v) is 4.06. The van der Waals surface area contributed by atoms with E-state index in [9.17, 15) is 18.0 Å². The molecule has 6 nitrogen and oxygen atoms in total. The Morgan fingerprint density at radius 1 is 1.29 bits per heavy atom. The van der Waals surface area contributed by atoms with E-state index in [-0.39, 0.29) is 24.4 Å². The lowest BCUT2D eigenvalue weighted by Crippen LogP contribution is -2.39. The molecule has 2 aromatic rings. The van der Waals surface area contributed by atoms with Crippen molar-refractivity contribution >= 4 is 11.7 Å². The molecule has 3 atom stereocenters. The molecule has 0 radical (unpaired) electrons. The van der Waals surface area contributed by atoms with Crippen molar-refractivity contribution in [2.45, 2.75) is 56.9 Å². The Balaban J connectivity index is 1.67. The molecule has 2 aliphatic heterocycles. The summed E-state index contributed by atoms with van der Waals surface area (Å²) < 4.78 is 41.6. The molecule has 9 heteroatoms. The first kappa shape index (κ1) is 18.8. The summed E-state index contributed by atoms with van der Waals surface area (Å²) in [6, 6.07) is 4.47. The number of carbonyl (C=O) groups excluding carboxylic acids is 1. The Labute approximate surface area is 160 Å². The molecule has 2 aromatic heterocycles. The minimum absolute atomic E-state index is 0.0706. The number of aromatic nitrogens is 3. The molecule has 0 spiro atoms. The Kier molecular flexibility index (Phi) is 4.76. The number of pyridine rings is 1. The predicted molar refractivity (Wildman–Crippen MR) is 96.9 cm³/mol. The fourth-order valence-electron chi connectivity index (χ4n) is 4.06. The predicted octanol–water partition coefficient (Wildman–Crippen LogP) is 3.95. The van der Waals surface area contributed by atoms with E-state index in [2.05, 4.69) is 15.4 Å². The van der Waals surface area contributed by atoms with Gasteiger partial charge in [-0.15, -0.1) is 0 Å². The zero-order chi connectivity index (χ0) is 19.9. The van der Waals surface area contributed by atoms with Crippen LogP contribution < -0.4 is 5.32 Å². The van der Waals surface area contributed by atoms with Crippen LogP contribution in [0.2, 0.25) is 0 Å². The summed E-state index contributed by atoms with van der Waals surface area (Å²) in [6.07, 6.45) is -0.472. The number of piperidine rings is 1. The summed E-state index contributed by atoms with van der Waals surface area (Å²) in [5.74, 6) is 0.136. The van der Waals surface area contributed by atoms with Crippen LogP contribution in [0.25, 0.3) is 0 Å². The third-order valence-electron chi connectivity index (χ3n) is 5.39. The Morgan fingerprint density at radius 3 is 2.82 bits per heavy atom. The van der Waals surface area contributed by atoms with Crippen molar-refractivity contribution in [3.8, 4) is 0 Å². The number of likely N-dealkylation sites (tertiary alicyclic amines) is 1. The Bertz CT molecular complexity index is 851. The average molecular weight is 393 g/mol. The van der Waals surface area contributed by atoms with Crippen LogP contribution in [0, 0.1) is 0 Å². The van der Waals surface area contributed by atoms with Gasteiger partial charge in [0.1, 0.15) is 11.5 Å². The molecule has 4 rings (SSSR count). The first-order valence-corrected chi connectivity index (χ1v) is 9.49. The van der Waals surface area contributed by atoms with Crippen molar-refractivity contribution in [3.05, 3.63) is 41.9 Å². The summed E-state index contributed by atoms with van der Waals surface area (Å²) in [7, 11) is 0. The van der Waals surface area contributed by atoms with Crippen molar-refractivity contribution in [2.75, 3.05) is 11.9 Å². The zero-order valence-electron chi connectivity index (χ0n) is 15.5. The van der Waals surface area contributed by atoms with E-state index in [1.807, 2.05) is 0 Å². The van der Waals surface area contributed by atoms with Crippen molar-refractivity contribution in [2.24, 2.45) is 0 Å². The minimum atomic E-state index is -4.37. The van der Waals surface area contributed by atoms with E-state index in [0.29, 0.717) is 30.2 Å². The smallest absolute Gasteiger partial charge is 0.368 e. The summed E-state index contributed by atoms with van der Waals surface area (Å²) in [6.45, 7) is 2.27. The second kappa shape index (κ2) is 7.10. The monoisotopic (exact) mass is 393 g/mol. The van der Waals surface area contributed by atoms with Crippen LogP contribution in [0.3, 0.4) is 0 Å². The number of carbonyl (C=O) groups is 1.